The molecule has 3 heterocycles. The molecule has 0 saturated carbocycles. The van der Waals surface area contributed by atoms with Crippen molar-refractivity contribution >= 4 is 28.8 Å². The molecule has 0 unspecified atom stereocenters. The molecule has 170 valence electrons. The number of ether oxygens (including phenoxy) is 1. The first-order valence-corrected chi connectivity index (χ1v) is 11.3. The number of fused-ring (bicyclic) bond motifs is 2. The minimum absolute atomic E-state index is 0.112. The van der Waals surface area contributed by atoms with Crippen LogP contribution in [-0.4, -0.2) is 70.8 Å². The first-order valence-electron chi connectivity index (χ1n) is 11.3. The highest BCUT2D eigenvalue weighted by atomic mass is 16.5. The van der Waals surface area contributed by atoms with Gasteiger partial charge in [0.25, 0.3) is 17.7 Å². The smallest absolute Gasteiger partial charge is 0.261 e. The number of nitrogens with zero attached hydrogens (tertiary/aromatic N) is 3. The summed E-state index contributed by atoms with van der Waals surface area (Å²) in [5, 5.41) is 0. The van der Waals surface area contributed by atoms with Gasteiger partial charge in [-0.3, -0.25) is 19.3 Å². The number of imidazole rings is 1. The number of H-pyrrole nitrogens is 1. The van der Waals surface area contributed by atoms with Crippen LogP contribution in [0.5, 0.6) is 0 Å². The van der Waals surface area contributed by atoms with Crippen LogP contribution >= 0.6 is 0 Å². The van der Waals surface area contributed by atoms with Gasteiger partial charge in [0.2, 0.25) is 0 Å². The van der Waals surface area contributed by atoms with Crippen molar-refractivity contribution < 1.29 is 19.1 Å². The molecule has 3 aromatic rings. The summed E-state index contributed by atoms with van der Waals surface area (Å²) in [7, 11) is 1.58. The van der Waals surface area contributed by atoms with Crippen LogP contribution in [0, 0.1) is 0 Å². The second-order valence-corrected chi connectivity index (χ2v) is 8.57. The maximum absolute atomic E-state index is 13.1. The van der Waals surface area contributed by atoms with Gasteiger partial charge in [0.05, 0.1) is 22.2 Å². The van der Waals surface area contributed by atoms with E-state index in [-0.39, 0.29) is 23.6 Å². The summed E-state index contributed by atoms with van der Waals surface area (Å²) in [5.41, 5.74) is 3.09. The lowest BCUT2D eigenvalue weighted by atomic mass is 9.95. The molecule has 2 aliphatic rings. The van der Waals surface area contributed by atoms with E-state index in [4.69, 9.17) is 9.72 Å². The lowest BCUT2D eigenvalue weighted by Crippen LogP contribution is -2.38. The van der Waals surface area contributed by atoms with Gasteiger partial charge < -0.3 is 14.6 Å². The number of aromatic nitrogens is 2. The minimum atomic E-state index is -0.343. The number of carbonyl (C=O) groups excluding carboxylic acids is 3. The first-order chi connectivity index (χ1) is 16.1. The molecule has 8 heteroatoms. The second kappa shape index (κ2) is 8.78. The highest BCUT2D eigenvalue weighted by molar-refractivity contribution is 6.22. The molecule has 3 amide bonds. The molecule has 1 aromatic heterocycles. The van der Waals surface area contributed by atoms with Gasteiger partial charge in [-0.05, 0) is 49.6 Å². The van der Waals surface area contributed by atoms with Crippen molar-refractivity contribution in [2.45, 2.75) is 25.2 Å². The van der Waals surface area contributed by atoms with Crippen LogP contribution in [0.25, 0.3) is 11.0 Å². The zero-order valence-electron chi connectivity index (χ0n) is 18.5. The Kier molecular flexibility index (Phi) is 5.68. The van der Waals surface area contributed by atoms with Gasteiger partial charge in [0, 0.05) is 44.8 Å². The zero-order valence-corrected chi connectivity index (χ0v) is 18.5. The predicted molar refractivity (Wildman–Crippen MR) is 122 cm³/mol. The van der Waals surface area contributed by atoms with E-state index < -0.39 is 0 Å². The maximum Gasteiger partial charge on any atom is 0.261 e. The summed E-state index contributed by atoms with van der Waals surface area (Å²) in [5.74, 6) is 0.486. The van der Waals surface area contributed by atoms with Gasteiger partial charge in [-0.25, -0.2) is 4.98 Å². The summed E-state index contributed by atoms with van der Waals surface area (Å²) >= 11 is 0. The Balaban J connectivity index is 1.26. The van der Waals surface area contributed by atoms with Gasteiger partial charge in [-0.2, -0.15) is 0 Å². The van der Waals surface area contributed by atoms with Gasteiger partial charge in [-0.15, -0.1) is 0 Å². The standard InChI is InChI=1S/C25H26N4O4/c1-33-14-4-11-29-24(31)18-8-7-17(15-19(18)25(29)32)23(30)28-12-9-16(10-13-28)22-26-20-5-2-3-6-21(20)27-22/h2-3,5-8,15-16H,4,9-14H2,1H3,(H,26,27). The number of aromatic amines is 1. The number of hydrogen-bond acceptors (Lipinski definition) is 5. The maximum atomic E-state index is 13.1. The topological polar surface area (TPSA) is 95.6 Å². The monoisotopic (exact) mass is 446 g/mol. The highest BCUT2D eigenvalue weighted by Gasteiger charge is 2.36. The van der Waals surface area contributed by atoms with E-state index in [0.717, 1.165) is 29.7 Å². The van der Waals surface area contributed by atoms with Crippen molar-refractivity contribution in [1.82, 2.24) is 19.8 Å². The molecule has 0 radical (unpaired) electrons. The minimum Gasteiger partial charge on any atom is -0.385 e. The van der Waals surface area contributed by atoms with E-state index in [1.807, 2.05) is 29.2 Å². The molecule has 8 nitrogen and oxygen atoms in total. The Labute approximate surface area is 191 Å². The normalized spacial score (nSPS) is 16.6. The number of likely N-dealkylation sites (tertiary alicyclic amines) is 1. The summed E-state index contributed by atoms with van der Waals surface area (Å²) < 4.78 is 5.01. The number of methoxy groups -OCH3 is 1. The molecule has 0 spiro atoms. The van der Waals surface area contributed by atoms with Crippen LogP contribution in [-0.2, 0) is 4.74 Å². The van der Waals surface area contributed by atoms with Crippen molar-refractivity contribution in [2.24, 2.45) is 0 Å². The Morgan fingerprint density at radius 3 is 2.61 bits per heavy atom. The first kappa shape index (κ1) is 21.3. The number of hydrogen-bond donors (Lipinski definition) is 1. The number of rotatable bonds is 6. The fourth-order valence-corrected chi connectivity index (χ4v) is 4.70. The number of carbonyl (C=O) groups is 3. The van der Waals surface area contributed by atoms with Gasteiger partial charge >= 0.3 is 0 Å². The Hall–Kier alpha value is -3.52. The molecule has 5 rings (SSSR count). The van der Waals surface area contributed by atoms with E-state index in [0.29, 0.717) is 49.4 Å². The summed E-state index contributed by atoms with van der Waals surface area (Å²) in [6.07, 6.45) is 2.22. The molecular formula is C25H26N4O4. The summed E-state index contributed by atoms with van der Waals surface area (Å²) in [6.45, 7) is 2.02. The zero-order chi connectivity index (χ0) is 22.9. The lowest BCUT2D eigenvalue weighted by molar-refractivity contribution is 0.0638. The molecule has 33 heavy (non-hydrogen) atoms. The van der Waals surface area contributed by atoms with E-state index in [1.54, 1.807) is 25.3 Å². The van der Waals surface area contributed by atoms with Crippen LogP contribution in [0.2, 0.25) is 0 Å². The number of amides is 3. The molecule has 0 atom stereocenters. The van der Waals surface area contributed by atoms with Crippen LogP contribution < -0.4 is 0 Å². The van der Waals surface area contributed by atoms with Crippen molar-refractivity contribution in [1.29, 1.82) is 0 Å². The fourth-order valence-electron chi connectivity index (χ4n) is 4.70. The third-order valence-electron chi connectivity index (χ3n) is 6.52. The van der Waals surface area contributed by atoms with Crippen LogP contribution in [0.3, 0.4) is 0 Å². The fraction of sp³-hybridized carbons (Fsp3) is 0.360. The molecule has 1 fully saturated rings. The number of piperidine rings is 1. The largest absolute Gasteiger partial charge is 0.385 e. The Morgan fingerprint density at radius 2 is 1.85 bits per heavy atom. The molecule has 0 bridgehead atoms. The van der Waals surface area contributed by atoms with E-state index in [1.165, 1.54) is 4.90 Å². The van der Waals surface area contributed by atoms with E-state index in [2.05, 4.69) is 4.98 Å². The predicted octanol–water partition coefficient (Wildman–Crippen LogP) is 3.22. The van der Waals surface area contributed by atoms with Crippen LogP contribution in [0.4, 0.5) is 0 Å². The summed E-state index contributed by atoms with van der Waals surface area (Å²) in [6, 6.07) is 12.8. The third kappa shape index (κ3) is 3.91. The van der Waals surface area contributed by atoms with Gasteiger partial charge in [0.15, 0.2) is 0 Å². The Bertz CT molecular complexity index is 1190. The van der Waals surface area contributed by atoms with E-state index >= 15 is 0 Å². The van der Waals surface area contributed by atoms with Crippen LogP contribution in [0.15, 0.2) is 42.5 Å². The molecule has 1 saturated heterocycles. The van der Waals surface area contributed by atoms with E-state index in [9.17, 15) is 14.4 Å². The molecule has 2 aliphatic heterocycles. The molecule has 1 N–H and O–H groups in total. The number of para-hydroxylation sites is 2. The van der Waals surface area contributed by atoms with Gasteiger partial charge in [0.1, 0.15) is 5.82 Å². The molecule has 2 aromatic carbocycles. The van der Waals surface area contributed by atoms with Crippen molar-refractivity contribution in [2.75, 3.05) is 33.4 Å². The third-order valence-corrected chi connectivity index (χ3v) is 6.52. The van der Waals surface area contributed by atoms with Crippen LogP contribution in [0.1, 0.15) is 62.1 Å². The van der Waals surface area contributed by atoms with Gasteiger partial charge in [-0.1, -0.05) is 12.1 Å². The van der Waals surface area contributed by atoms with Crippen molar-refractivity contribution in [3.63, 3.8) is 0 Å². The average Bonchev–Trinajstić information content (AvgIpc) is 3.38. The SMILES string of the molecule is COCCCN1C(=O)c2ccc(C(=O)N3CCC(c4nc5ccccc5[nH]4)CC3)cc2C1=O. The second-order valence-electron chi connectivity index (χ2n) is 8.57. The molecular weight excluding hydrogens is 420 g/mol. The van der Waals surface area contributed by atoms with Crippen molar-refractivity contribution in [3.05, 3.63) is 65.0 Å². The van der Waals surface area contributed by atoms with Crippen molar-refractivity contribution in [3.8, 4) is 0 Å². The quantitative estimate of drug-likeness (QED) is 0.463. The summed E-state index contributed by atoms with van der Waals surface area (Å²) in [4.78, 5) is 49.6. The Morgan fingerprint density at radius 1 is 1.09 bits per heavy atom. The number of nitrogens with one attached hydrogen (secondary N) is 1. The highest BCUT2D eigenvalue weighted by Crippen LogP contribution is 2.29. The lowest BCUT2D eigenvalue weighted by Gasteiger charge is -2.31. The number of benzene rings is 2. The molecule has 0 aliphatic carbocycles. The number of imide groups is 1. The average molecular weight is 447 g/mol.